The van der Waals surface area contributed by atoms with Crippen molar-refractivity contribution < 1.29 is 5.11 Å². The normalized spacial score (nSPS) is 16.9. The predicted molar refractivity (Wildman–Crippen MR) is 117 cm³/mol. The average Bonchev–Trinajstić information content (AvgIpc) is 3.23. The van der Waals surface area contributed by atoms with E-state index in [9.17, 15) is 5.11 Å². The Hall–Kier alpha value is -1.52. The maximum atomic E-state index is 9.76. The van der Waals surface area contributed by atoms with E-state index in [4.69, 9.17) is 12.2 Å². The van der Waals surface area contributed by atoms with Gasteiger partial charge in [0.15, 0.2) is 5.11 Å². The number of nitrogens with one attached hydrogen (secondary N) is 1. The highest BCUT2D eigenvalue weighted by molar-refractivity contribution is 7.99. The van der Waals surface area contributed by atoms with Crippen molar-refractivity contribution in [1.29, 1.82) is 0 Å². The Kier molecular flexibility index (Phi) is 5.93. The van der Waals surface area contributed by atoms with E-state index in [0.29, 0.717) is 0 Å². The zero-order valence-corrected chi connectivity index (χ0v) is 17.5. The smallest absolute Gasteiger partial charge is 0.174 e. The molecule has 2 heterocycles. The first-order valence-corrected chi connectivity index (χ1v) is 10.7. The Balaban J connectivity index is 1.71. The summed E-state index contributed by atoms with van der Waals surface area (Å²) in [7, 11) is 0. The van der Waals surface area contributed by atoms with Crippen molar-refractivity contribution in [3.8, 4) is 11.8 Å². The van der Waals surface area contributed by atoms with Crippen LogP contribution in [0.4, 0.5) is 5.69 Å². The van der Waals surface area contributed by atoms with Gasteiger partial charge in [0, 0.05) is 22.9 Å². The minimum absolute atomic E-state index is 0.211. The lowest BCUT2D eigenvalue weighted by atomic mass is 10.1. The highest BCUT2D eigenvalue weighted by Gasteiger charge is 2.29. The van der Waals surface area contributed by atoms with Gasteiger partial charge in [-0.25, -0.2) is 0 Å². The molecule has 1 unspecified atom stereocenters. The van der Waals surface area contributed by atoms with Crippen molar-refractivity contribution in [1.82, 2.24) is 4.90 Å². The van der Waals surface area contributed by atoms with Gasteiger partial charge in [-0.2, -0.15) is 0 Å². The van der Waals surface area contributed by atoms with E-state index in [0.717, 1.165) is 28.0 Å². The summed E-state index contributed by atoms with van der Waals surface area (Å²) >= 11 is 9.22. The number of benzene rings is 1. The van der Waals surface area contributed by atoms with Crippen molar-refractivity contribution in [2.45, 2.75) is 31.7 Å². The second-order valence-corrected chi connectivity index (χ2v) is 9.41. The molecule has 0 bridgehead atoms. The molecule has 1 saturated heterocycles. The monoisotopic (exact) mass is 402 g/mol. The zero-order valence-electron chi connectivity index (χ0n) is 15.1. The number of nitrogens with zero attached hydrogens (tertiary/aromatic N) is 1. The highest BCUT2D eigenvalue weighted by atomic mass is 32.2. The summed E-state index contributed by atoms with van der Waals surface area (Å²) in [5.74, 6) is 6.98. The summed E-state index contributed by atoms with van der Waals surface area (Å²) in [6.45, 7) is 6.39. The van der Waals surface area contributed by atoms with Crippen LogP contribution in [0.15, 0.2) is 36.4 Å². The Labute approximate surface area is 168 Å². The standard InChI is InChI=1S/C20H22N2OS3/c1-14-4-6-15(7-5-14)21-19(24)22-12-13-25-18(22)17-9-8-16(26-17)10-11-20(2,3)23/h4-9,18,23H,12-13H2,1-3H3,(H,21,24). The molecule has 1 aromatic carbocycles. The fraction of sp³-hybridized carbons (Fsp3) is 0.350. The van der Waals surface area contributed by atoms with Crippen LogP contribution in [-0.4, -0.2) is 33.0 Å². The number of rotatable bonds is 2. The van der Waals surface area contributed by atoms with Crippen molar-refractivity contribution in [2.24, 2.45) is 0 Å². The number of hydrogen-bond acceptors (Lipinski definition) is 4. The van der Waals surface area contributed by atoms with Gasteiger partial charge < -0.3 is 15.3 Å². The molecule has 0 saturated carbocycles. The molecule has 3 rings (SSSR count). The van der Waals surface area contributed by atoms with Gasteiger partial charge in [-0.1, -0.05) is 29.5 Å². The van der Waals surface area contributed by atoms with Crippen molar-refractivity contribution >= 4 is 46.1 Å². The summed E-state index contributed by atoms with van der Waals surface area (Å²) in [5.41, 5.74) is 1.27. The molecule has 1 atom stereocenters. The number of thiocarbonyl (C=S) groups is 1. The van der Waals surface area contributed by atoms with E-state index in [1.54, 1.807) is 25.2 Å². The van der Waals surface area contributed by atoms with Gasteiger partial charge >= 0.3 is 0 Å². The fourth-order valence-corrected chi connectivity index (χ4v) is 5.26. The number of aliphatic hydroxyl groups is 1. The van der Waals surface area contributed by atoms with Crippen LogP contribution in [0.1, 0.15) is 34.5 Å². The van der Waals surface area contributed by atoms with Crippen molar-refractivity contribution in [2.75, 3.05) is 17.6 Å². The van der Waals surface area contributed by atoms with E-state index in [2.05, 4.69) is 59.3 Å². The van der Waals surface area contributed by atoms with Crippen molar-refractivity contribution in [3.63, 3.8) is 0 Å². The lowest BCUT2D eigenvalue weighted by Crippen LogP contribution is -2.33. The molecule has 0 amide bonds. The maximum Gasteiger partial charge on any atom is 0.174 e. The summed E-state index contributed by atoms with van der Waals surface area (Å²) in [5, 5.41) is 14.1. The summed E-state index contributed by atoms with van der Waals surface area (Å²) in [6, 6.07) is 12.4. The molecule has 1 fully saturated rings. The van der Waals surface area contributed by atoms with Crippen LogP contribution in [0.25, 0.3) is 0 Å². The molecule has 1 aliphatic heterocycles. The SMILES string of the molecule is Cc1ccc(NC(=S)N2CCSC2c2ccc(C#CC(C)(C)O)s2)cc1. The Morgan fingerprint density at radius 2 is 2.00 bits per heavy atom. The quantitative estimate of drug-likeness (QED) is 0.566. The molecule has 2 N–H and O–H groups in total. The summed E-state index contributed by atoms with van der Waals surface area (Å²) in [4.78, 5) is 4.44. The zero-order chi connectivity index (χ0) is 18.7. The molecule has 26 heavy (non-hydrogen) atoms. The van der Waals surface area contributed by atoms with Gasteiger partial charge in [0.25, 0.3) is 0 Å². The van der Waals surface area contributed by atoms with E-state index in [-0.39, 0.29) is 5.37 Å². The topological polar surface area (TPSA) is 35.5 Å². The molecule has 1 aromatic heterocycles. The third-order valence-electron chi connectivity index (χ3n) is 3.82. The molecule has 0 radical (unpaired) electrons. The largest absolute Gasteiger partial charge is 0.378 e. The molecule has 0 spiro atoms. The lowest BCUT2D eigenvalue weighted by molar-refractivity contribution is 0.143. The van der Waals surface area contributed by atoms with Gasteiger partial charge in [-0.15, -0.1) is 23.1 Å². The summed E-state index contributed by atoms with van der Waals surface area (Å²) in [6.07, 6.45) is 0. The highest BCUT2D eigenvalue weighted by Crippen LogP contribution is 2.41. The van der Waals surface area contributed by atoms with Gasteiger partial charge in [0.1, 0.15) is 11.0 Å². The van der Waals surface area contributed by atoms with E-state index < -0.39 is 5.60 Å². The summed E-state index contributed by atoms with van der Waals surface area (Å²) < 4.78 is 0. The minimum Gasteiger partial charge on any atom is -0.378 e. The third kappa shape index (κ3) is 5.01. The number of aryl methyl sites for hydroxylation is 1. The maximum absolute atomic E-state index is 9.76. The number of hydrogen-bond donors (Lipinski definition) is 2. The Morgan fingerprint density at radius 1 is 1.27 bits per heavy atom. The van der Waals surface area contributed by atoms with E-state index in [1.165, 1.54) is 10.4 Å². The minimum atomic E-state index is -0.974. The molecule has 0 aliphatic carbocycles. The van der Waals surface area contributed by atoms with Gasteiger partial charge in [-0.3, -0.25) is 0 Å². The number of anilines is 1. The van der Waals surface area contributed by atoms with Gasteiger partial charge in [0.05, 0.1) is 4.88 Å². The van der Waals surface area contributed by atoms with Crippen LogP contribution < -0.4 is 5.32 Å². The first-order valence-electron chi connectivity index (χ1n) is 8.43. The van der Waals surface area contributed by atoms with Crippen LogP contribution in [0, 0.1) is 18.8 Å². The second-order valence-electron chi connectivity index (χ2n) is 6.72. The molecule has 2 aromatic rings. The second kappa shape index (κ2) is 8.01. The Morgan fingerprint density at radius 3 is 2.69 bits per heavy atom. The molecular weight excluding hydrogens is 380 g/mol. The van der Waals surface area contributed by atoms with Gasteiger partial charge in [0.2, 0.25) is 0 Å². The van der Waals surface area contributed by atoms with Crippen molar-refractivity contribution in [3.05, 3.63) is 51.7 Å². The third-order valence-corrected chi connectivity index (χ3v) is 6.60. The Bertz CT molecular complexity index is 840. The molecule has 6 heteroatoms. The van der Waals surface area contributed by atoms with Crippen LogP contribution in [0.2, 0.25) is 0 Å². The van der Waals surface area contributed by atoms with E-state index >= 15 is 0 Å². The fourth-order valence-electron chi connectivity index (χ4n) is 2.51. The van der Waals surface area contributed by atoms with Crippen LogP contribution in [0.3, 0.4) is 0 Å². The van der Waals surface area contributed by atoms with Gasteiger partial charge in [-0.05, 0) is 57.3 Å². The number of thiophene rings is 1. The first kappa shape index (κ1) is 19.2. The van der Waals surface area contributed by atoms with Crippen LogP contribution in [-0.2, 0) is 0 Å². The first-order chi connectivity index (χ1) is 12.3. The molecule has 1 aliphatic rings. The molecular formula is C20H22N2OS3. The molecule has 3 nitrogen and oxygen atoms in total. The predicted octanol–water partition coefficient (Wildman–Crippen LogP) is 4.62. The number of thioether (sulfide) groups is 1. The van der Waals surface area contributed by atoms with Crippen LogP contribution >= 0.6 is 35.3 Å². The molecule has 136 valence electrons. The average molecular weight is 403 g/mol. The lowest BCUT2D eigenvalue weighted by Gasteiger charge is -2.26. The van der Waals surface area contributed by atoms with Crippen LogP contribution in [0.5, 0.6) is 0 Å². The van der Waals surface area contributed by atoms with E-state index in [1.807, 2.05) is 17.8 Å².